The van der Waals surface area contributed by atoms with E-state index in [1.165, 1.54) is 0 Å². The Morgan fingerprint density at radius 3 is 2.64 bits per heavy atom. The molecule has 0 aromatic heterocycles. The van der Waals surface area contributed by atoms with Gasteiger partial charge in [0.05, 0.1) is 6.07 Å². The summed E-state index contributed by atoms with van der Waals surface area (Å²) in [6.07, 6.45) is 1.61. The van der Waals surface area contributed by atoms with Crippen LogP contribution in [0.2, 0.25) is 0 Å². The molecule has 78 valence electrons. The molecule has 0 atom stereocenters. The molecule has 0 aliphatic rings. The summed E-state index contributed by atoms with van der Waals surface area (Å²) < 4.78 is 0. The fourth-order valence-corrected chi connectivity index (χ4v) is 0.665. The van der Waals surface area contributed by atoms with E-state index >= 15 is 0 Å². The Labute approximate surface area is 82.6 Å². The highest BCUT2D eigenvalue weighted by atomic mass is 16.2. The third-order valence-corrected chi connectivity index (χ3v) is 1.37. The fraction of sp³-hybridized carbons (Fsp3) is 0.625. The zero-order valence-electron chi connectivity index (χ0n) is 8.09. The summed E-state index contributed by atoms with van der Waals surface area (Å²) in [6, 6.07) is 1.19. The highest BCUT2D eigenvalue weighted by Gasteiger charge is 2.01. The van der Waals surface area contributed by atoms with Gasteiger partial charge in [-0.3, -0.25) is 10.2 Å². The van der Waals surface area contributed by atoms with Gasteiger partial charge in [0.2, 0.25) is 0 Å². The van der Waals surface area contributed by atoms with Crippen molar-refractivity contribution in [2.24, 2.45) is 0 Å². The molecule has 0 unspecified atom stereocenters. The first-order valence-corrected chi connectivity index (χ1v) is 4.40. The third kappa shape index (κ3) is 6.91. The van der Waals surface area contributed by atoms with Crippen molar-refractivity contribution in [3.8, 4) is 6.07 Å². The van der Waals surface area contributed by atoms with Gasteiger partial charge in [-0.2, -0.15) is 5.26 Å². The maximum absolute atomic E-state index is 10.9. The van der Waals surface area contributed by atoms with E-state index in [2.05, 4.69) is 16.2 Å². The van der Waals surface area contributed by atoms with Gasteiger partial charge in [0.1, 0.15) is 6.42 Å². The molecule has 14 heavy (non-hydrogen) atoms. The zero-order valence-corrected chi connectivity index (χ0v) is 8.09. The normalized spacial score (nSPS) is 8.57. The minimum absolute atomic E-state index is 0.269. The number of urea groups is 1. The van der Waals surface area contributed by atoms with Crippen LogP contribution in [-0.4, -0.2) is 18.5 Å². The van der Waals surface area contributed by atoms with Crippen molar-refractivity contribution >= 4 is 11.9 Å². The molecule has 0 aliphatic heterocycles. The number of amides is 3. The second-order valence-corrected chi connectivity index (χ2v) is 2.62. The van der Waals surface area contributed by atoms with Crippen molar-refractivity contribution in [3.05, 3.63) is 0 Å². The largest absolute Gasteiger partial charge is 0.337 e. The summed E-state index contributed by atoms with van der Waals surface area (Å²) in [5, 5.41) is 10.7. The van der Waals surface area contributed by atoms with E-state index in [0.29, 0.717) is 6.54 Å². The summed E-state index contributed by atoms with van der Waals surface area (Å²) in [6.45, 7) is 2.57. The molecule has 0 saturated heterocycles. The molecule has 0 radical (unpaired) electrons. The van der Waals surface area contributed by atoms with Gasteiger partial charge in [-0.05, 0) is 6.42 Å². The lowest BCUT2D eigenvalue weighted by Crippen LogP contribution is -2.47. The van der Waals surface area contributed by atoms with Crippen LogP contribution in [0, 0.1) is 11.3 Å². The number of nitriles is 1. The topological polar surface area (TPSA) is 94.0 Å². The Balaban J connectivity index is 3.45. The number of unbranched alkanes of at least 4 members (excludes halogenated alkanes) is 1. The van der Waals surface area contributed by atoms with Crippen LogP contribution in [0.5, 0.6) is 0 Å². The molecule has 3 N–H and O–H groups in total. The van der Waals surface area contributed by atoms with E-state index in [1.54, 1.807) is 6.07 Å². The monoisotopic (exact) mass is 198 g/mol. The molecule has 0 spiro atoms. The van der Waals surface area contributed by atoms with Crippen molar-refractivity contribution in [1.29, 1.82) is 5.26 Å². The SMILES string of the molecule is CCCCNC(=O)NNC(=O)CC#N. The van der Waals surface area contributed by atoms with Crippen LogP contribution in [0.25, 0.3) is 0 Å². The maximum atomic E-state index is 10.9. The summed E-state index contributed by atoms with van der Waals surface area (Å²) >= 11 is 0. The van der Waals surface area contributed by atoms with Crippen LogP contribution >= 0.6 is 0 Å². The lowest BCUT2D eigenvalue weighted by molar-refractivity contribution is -0.120. The molecule has 0 aromatic carbocycles. The van der Waals surface area contributed by atoms with Gasteiger partial charge in [-0.25, -0.2) is 10.2 Å². The molecule has 0 aromatic rings. The fourth-order valence-electron chi connectivity index (χ4n) is 0.665. The highest BCUT2D eigenvalue weighted by molar-refractivity contribution is 5.82. The van der Waals surface area contributed by atoms with E-state index in [1.807, 2.05) is 6.92 Å². The molecule has 6 nitrogen and oxygen atoms in total. The average Bonchev–Trinajstić information content (AvgIpc) is 2.16. The van der Waals surface area contributed by atoms with Crippen molar-refractivity contribution in [3.63, 3.8) is 0 Å². The lowest BCUT2D eigenvalue weighted by atomic mass is 10.3. The van der Waals surface area contributed by atoms with Gasteiger partial charge in [0.25, 0.3) is 5.91 Å². The molecule has 0 bridgehead atoms. The molecule has 0 aliphatic carbocycles. The van der Waals surface area contributed by atoms with E-state index in [9.17, 15) is 9.59 Å². The summed E-state index contributed by atoms with van der Waals surface area (Å²) in [5.41, 5.74) is 4.21. The Bertz CT molecular complexity index is 234. The maximum Gasteiger partial charge on any atom is 0.333 e. The van der Waals surface area contributed by atoms with Gasteiger partial charge < -0.3 is 5.32 Å². The molecule has 6 heteroatoms. The van der Waals surface area contributed by atoms with Gasteiger partial charge in [-0.1, -0.05) is 13.3 Å². The van der Waals surface area contributed by atoms with Crippen LogP contribution in [0.4, 0.5) is 4.79 Å². The second-order valence-electron chi connectivity index (χ2n) is 2.62. The van der Waals surface area contributed by atoms with Crippen LogP contribution in [0.3, 0.4) is 0 Å². The molecule has 0 heterocycles. The molecular weight excluding hydrogens is 184 g/mol. The van der Waals surface area contributed by atoms with Crippen molar-refractivity contribution in [1.82, 2.24) is 16.2 Å². The van der Waals surface area contributed by atoms with Gasteiger partial charge in [0.15, 0.2) is 0 Å². The van der Waals surface area contributed by atoms with Crippen molar-refractivity contribution in [2.75, 3.05) is 6.54 Å². The second kappa shape index (κ2) is 7.86. The summed E-state index contributed by atoms with van der Waals surface area (Å²) in [7, 11) is 0. The first-order chi connectivity index (χ1) is 6.70. The summed E-state index contributed by atoms with van der Waals surface area (Å²) in [4.78, 5) is 21.6. The Kier molecular flexibility index (Phi) is 6.86. The minimum atomic E-state index is -0.529. The van der Waals surface area contributed by atoms with Crippen molar-refractivity contribution in [2.45, 2.75) is 26.2 Å². The average molecular weight is 198 g/mol. The first kappa shape index (κ1) is 12.2. The predicted octanol–water partition coefficient (Wildman–Crippen LogP) is 0.0306. The van der Waals surface area contributed by atoms with Crippen LogP contribution in [-0.2, 0) is 4.79 Å². The van der Waals surface area contributed by atoms with Crippen LogP contribution in [0.15, 0.2) is 0 Å². The number of rotatable bonds is 4. The van der Waals surface area contributed by atoms with E-state index in [0.717, 1.165) is 12.8 Å². The number of hydrogen-bond acceptors (Lipinski definition) is 3. The Morgan fingerprint density at radius 1 is 1.36 bits per heavy atom. The number of nitrogens with zero attached hydrogens (tertiary/aromatic N) is 1. The number of carbonyl (C=O) groups is 2. The summed E-state index contributed by atoms with van der Waals surface area (Å²) in [5.74, 6) is -0.529. The highest BCUT2D eigenvalue weighted by Crippen LogP contribution is 1.81. The zero-order chi connectivity index (χ0) is 10.8. The molecular formula is C8H14N4O2. The smallest absolute Gasteiger partial charge is 0.333 e. The lowest BCUT2D eigenvalue weighted by Gasteiger charge is -2.06. The minimum Gasteiger partial charge on any atom is -0.337 e. The van der Waals surface area contributed by atoms with Crippen LogP contribution in [0.1, 0.15) is 26.2 Å². The van der Waals surface area contributed by atoms with E-state index < -0.39 is 11.9 Å². The van der Waals surface area contributed by atoms with Crippen LogP contribution < -0.4 is 16.2 Å². The number of nitrogens with one attached hydrogen (secondary N) is 3. The van der Waals surface area contributed by atoms with Gasteiger partial charge in [0, 0.05) is 6.54 Å². The molecule has 3 amide bonds. The predicted molar refractivity (Wildman–Crippen MR) is 49.8 cm³/mol. The number of carbonyl (C=O) groups excluding carboxylic acids is 2. The van der Waals surface area contributed by atoms with Crippen molar-refractivity contribution < 1.29 is 9.59 Å². The van der Waals surface area contributed by atoms with Gasteiger partial charge in [-0.15, -0.1) is 0 Å². The third-order valence-electron chi connectivity index (χ3n) is 1.37. The number of hydrazine groups is 1. The number of hydrogen-bond donors (Lipinski definition) is 3. The molecule has 0 rings (SSSR count). The standard InChI is InChI=1S/C8H14N4O2/c1-2-3-6-10-8(14)12-11-7(13)4-5-9/h2-4,6H2,1H3,(H,11,13)(H2,10,12,14). The Morgan fingerprint density at radius 2 is 2.07 bits per heavy atom. The van der Waals surface area contributed by atoms with Gasteiger partial charge >= 0.3 is 6.03 Å². The molecule has 0 fully saturated rings. The van der Waals surface area contributed by atoms with E-state index in [-0.39, 0.29) is 6.42 Å². The Hall–Kier alpha value is -1.77. The molecule has 0 saturated carbocycles. The first-order valence-electron chi connectivity index (χ1n) is 4.40. The quantitative estimate of drug-likeness (QED) is 0.439. The van der Waals surface area contributed by atoms with E-state index in [4.69, 9.17) is 5.26 Å².